The van der Waals surface area contributed by atoms with Gasteiger partial charge < -0.3 is 5.73 Å². The molecular formula is C12H25N3S. The molecule has 0 amide bonds. The van der Waals surface area contributed by atoms with Crippen molar-refractivity contribution in [2.75, 3.05) is 0 Å². The Labute approximate surface area is 105 Å². The SMILES string of the molecule is CCCC(CC(CC)CCC)=NNC(N)=S. The van der Waals surface area contributed by atoms with Crippen molar-refractivity contribution in [2.24, 2.45) is 16.8 Å². The standard InChI is InChI=1S/C12H25N3S/c1-4-7-10(6-3)9-11(8-5-2)14-15-12(13)16/h10H,4-9H2,1-3H3,(H3,13,15,16). The molecule has 3 nitrogen and oxygen atoms in total. The van der Waals surface area contributed by atoms with Crippen LogP contribution in [0.15, 0.2) is 5.10 Å². The van der Waals surface area contributed by atoms with Gasteiger partial charge in [0.15, 0.2) is 5.11 Å². The van der Waals surface area contributed by atoms with Crippen molar-refractivity contribution < 1.29 is 0 Å². The lowest BCUT2D eigenvalue weighted by Gasteiger charge is -2.15. The third kappa shape index (κ3) is 7.63. The van der Waals surface area contributed by atoms with E-state index < -0.39 is 0 Å². The van der Waals surface area contributed by atoms with E-state index in [1.54, 1.807) is 0 Å². The van der Waals surface area contributed by atoms with Crippen LogP contribution in [0.4, 0.5) is 0 Å². The molecule has 1 unspecified atom stereocenters. The smallest absolute Gasteiger partial charge is 0.184 e. The van der Waals surface area contributed by atoms with Gasteiger partial charge in [0.05, 0.1) is 0 Å². The third-order valence-electron chi connectivity index (χ3n) is 2.66. The molecule has 1 atom stereocenters. The first kappa shape index (κ1) is 15.4. The van der Waals surface area contributed by atoms with Crippen LogP contribution in [-0.2, 0) is 0 Å². The molecular weight excluding hydrogens is 218 g/mol. The van der Waals surface area contributed by atoms with E-state index in [1.807, 2.05) is 0 Å². The second kappa shape index (κ2) is 9.58. The zero-order valence-corrected chi connectivity index (χ0v) is 11.6. The molecule has 0 aliphatic rings. The third-order valence-corrected chi connectivity index (χ3v) is 2.75. The van der Waals surface area contributed by atoms with Gasteiger partial charge in [0.1, 0.15) is 0 Å². The van der Waals surface area contributed by atoms with Crippen LogP contribution in [0.3, 0.4) is 0 Å². The van der Waals surface area contributed by atoms with Crippen LogP contribution in [0.25, 0.3) is 0 Å². The predicted octanol–water partition coefficient (Wildman–Crippen LogP) is 3.19. The topological polar surface area (TPSA) is 50.4 Å². The molecule has 0 fully saturated rings. The molecule has 0 spiro atoms. The molecule has 0 aliphatic carbocycles. The Morgan fingerprint density at radius 3 is 2.44 bits per heavy atom. The van der Waals surface area contributed by atoms with E-state index in [0.29, 0.717) is 0 Å². The number of rotatable bonds is 8. The minimum absolute atomic E-state index is 0.247. The number of thiocarbonyl (C=S) groups is 1. The highest BCUT2D eigenvalue weighted by Gasteiger charge is 2.09. The van der Waals surface area contributed by atoms with Gasteiger partial charge in [0, 0.05) is 5.71 Å². The molecule has 16 heavy (non-hydrogen) atoms. The van der Waals surface area contributed by atoms with E-state index in [1.165, 1.54) is 25.0 Å². The van der Waals surface area contributed by atoms with E-state index in [2.05, 4.69) is 31.3 Å². The van der Waals surface area contributed by atoms with Gasteiger partial charge in [-0.3, -0.25) is 5.43 Å². The summed E-state index contributed by atoms with van der Waals surface area (Å²) in [6.07, 6.45) is 6.92. The van der Waals surface area contributed by atoms with Gasteiger partial charge in [-0.25, -0.2) is 0 Å². The molecule has 94 valence electrons. The molecule has 4 heteroatoms. The number of hydrogen-bond donors (Lipinski definition) is 2. The van der Waals surface area contributed by atoms with Gasteiger partial charge in [0.25, 0.3) is 0 Å². The van der Waals surface area contributed by atoms with E-state index in [4.69, 9.17) is 18.0 Å². The van der Waals surface area contributed by atoms with E-state index >= 15 is 0 Å². The molecule has 0 aromatic carbocycles. The Bertz CT molecular complexity index is 226. The summed E-state index contributed by atoms with van der Waals surface area (Å²) < 4.78 is 0. The summed E-state index contributed by atoms with van der Waals surface area (Å²) in [4.78, 5) is 0. The summed E-state index contributed by atoms with van der Waals surface area (Å²) in [6.45, 7) is 6.63. The number of nitrogens with two attached hydrogens (primary N) is 1. The fourth-order valence-corrected chi connectivity index (χ4v) is 1.86. The largest absolute Gasteiger partial charge is 0.375 e. The van der Waals surface area contributed by atoms with Crippen LogP contribution in [-0.4, -0.2) is 10.8 Å². The van der Waals surface area contributed by atoms with E-state index in [-0.39, 0.29) is 5.11 Å². The highest BCUT2D eigenvalue weighted by Crippen LogP contribution is 2.17. The number of hydrogen-bond acceptors (Lipinski definition) is 2. The molecule has 0 saturated heterocycles. The van der Waals surface area contributed by atoms with Gasteiger partial charge in [-0.05, 0) is 31.0 Å². The van der Waals surface area contributed by atoms with Crippen molar-refractivity contribution in [2.45, 2.75) is 59.3 Å². The van der Waals surface area contributed by atoms with Crippen LogP contribution >= 0.6 is 12.2 Å². The zero-order valence-electron chi connectivity index (χ0n) is 10.8. The maximum absolute atomic E-state index is 5.37. The highest BCUT2D eigenvalue weighted by atomic mass is 32.1. The van der Waals surface area contributed by atoms with Crippen molar-refractivity contribution in [1.82, 2.24) is 5.43 Å². The average Bonchev–Trinajstić information content (AvgIpc) is 2.25. The molecule has 0 aliphatic heterocycles. The minimum atomic E-state index is 0.247. The summed E-state index contributed by atoms with van der Waals surface area (Å²) in [7, 11) is 0. The lowest BCUT2D eigenvalue weighted by molar-refractivity contribution is 0.477. The van der Waals surface area contributed by atoms with E-state index in [9.17, 15) is 0 Å². The molecule has 0 radical (unpaired) electrons. The van der Waals surface area contributed by atoms with Gasteiger partial charge in [0.2, 0.25) is 0 Å². The lowest BCUT2D eigenvalue weighted by Crippen LogP contribution is -2.26. The van der Waals surface area contributed by atoms with Gasteiger partial charge in [-0.1, -0.05) is 46.5 Å². The molecule has 0 heterocycles. The van der Waals surface area contributed by atoms with Crippen molar-refractivity contribution >= 4 is 23.0 Å². The summed E-state index contributed by atoms with van der Waals surface area (Å²) >= 11 is 4.75. The number of nitrogens with one attached hydrogen (secondary N) is 1. The Morgan fingerprint density at radius 2 is 2.00 bits per heavy atom. The quantitative estimate of drug-likeness (QED) is 0.391. The van der Waals surface area contributed by atoms with E-state index in [0.717, 1.165) is 25.2 Å². The first-order chi connectivity index (χ1) is 7.63. The van der Waals surface area contributed by atoms with Gasteiger partial charge >= 0.3 is 0 Å². The normalized spacial score (nSPS) is 13.6. The number of hydrazone groups is 1. The van der Waals surface area contributed by atoms with Crippen LogP contribution in [0.1, 0.15) is 59.3 Å². The average molecular weight is 243 g/mol. The van der Waals surface area contributed by atoms with Gasteiger partial charge in [-0.15, -0.1) is 0 Å². The Hall–Kier alpha value is -0.640. The summed E-state index contributed by atoms with van der Waals surface area (Å²) in [5, 5.41) is 4.53. The lowest BCUT2D eigenvalue weighted by atomic mass is 9.93. The summed E-state index contributed by atoms with van der Waals surface area (Å²) in [5.41, 5.74) is 9.26. The fourth-order valence-electron chi connectivity index (χ4n) is 1.82. The predicted molar refractivity (Wildman–Crippen MR) is 75.6 cm³/mol. The molecule has 0 aromatic rings. The Balaban J connectivity index is 4.28. The van der Waals surface area contributed by atoms with Crippen molar-refractivity contribution in [3.8, 4) is 0 Å². The minimum Gasteiger partial charge on any atom is -0.375 e. The summed E-state index contributed by atoms with van der Waals surface area (Å²) in [5.74, 6) is 0.739. The first-order valence-corrected chi connectivity index (χ1v) is 6.65. The Kier molecular flexibility index (Phi) is 9.19. The molecule has 3 N–H and O–H groups in total. The fraction of sp³-hybridized carbons (Fsp3) is 0.833. The van der Waals surface area contributed by atoms with Gasteiger partial charge in [-0.2, -0.15) is 5.10 Å². The van der Waals surface area contributed by atoms with Crippen LogP contribution in [0, 0.1) is 5.92 Å². The number of nitrogens with zero attached hydrogens (tertiary/aromatic N) is 1. The monoisotopic (exact) mass is 243 g/mol. The van der Waals surface area contributed by atoms with Crippen LogP contribution in [0.5, 0.6) is 0 Å². The van der Waals surface area contributed by atoms with Crippen molar-refractivity contribution in [1.29, 1.82) is 0 Å². The maximum Gasteiger partial charge on any atom is 0.184 e. The summed E-state index contributed by atoms with van der Waals surface area (Å²) in [6, 6.07) is 0. The molecule has 0 rings (SSSR count). The second-order valence-electron chi connectivity index (χ2n) is 4.17. The second-order valence-corrected chi connectivity index (χ2v) is 4.61. The highest BCUT2D eigenvalue weighted by molar-refractivity contribution is 7.80. The van der Waals surface area contributed by atoms with Crippen molar-refractivity contribution in [3.05, 3.63) is 0 Å². The van der Waals surface area contributed by atoms with Crippen LogP contribution < -0.4 is 11.2 Å². The van der Waals surface area contributed by atoms with Crippen LogP contribution in [0.2, 0.25) is 0 Å². The maximum atomic E-state index is 5.37. The van der Waals surface area contributed by atoms with Crippen molar-refractivity contribution in [3.63, 3.8) is 0 Å². The molecule has 0 aromatic heterocycles. The molecule has 0 saturated carbocycles. The molecule has 0 bridgehead atoms. The first-order valence-electron chi connectivity index (χ1n) is 6.24. The zero-order chi connectivity index (χ0) is 12.4. The Morgan fingerprint density at radius 1 is 1.31 bits per heavy atom.